The van der Waals surface area contributed by atoms with E-state index >= 15 is 0 Å². The van der Waals surface area contributed by atoms with Crippen molar-refractivity contribution >= 4 is 5.78 Å². The van der Waals surface area contributed by atoms with E-state index in [0.29, 0.717) is 6.07 Å². The number of hydrogen-bond acceptors (Lipinski definition) is 5. The molecule has 29 heavy (non-hydrogen) atoms. The Kier molecular flexibility index (Phi) is 5.44. The molecule has 1 aromatic carbocycles. The summed E-state index contributed by atoms with van der Waals surface area (Å²) >= 11 is 0. The SMILES string of the molecule is CCOc1cc(=O)n(-c2ccc(F)cc2)nc1C(=O)c1ccnc(C(F)(F)F)c1. The van der Waals surface area contributed by atoms with Crippen molar-refractivity contribution in [3.8, 4) is 11.4 Å². The molecule has 0 radical (unpaired) electrons. The lowest BCUT2D eigenvalue weighted by atomic mass is 10.1. The normalized spacial score (nSPS) is 11.3. The first kappa shape index (κ1) is 20.2. The van der Waals surface area contributed by atoms with E-state index in [9.17, 15) is 27.2 Å². The van der Waals surface area contributed by atoms with Gasteiger partial charge in [0.05, 0.1) is 12.3 Å². The van der Waals surface area contributed by atoms with Crippen LogP contribution in [0.1, 0.15) is 28.7 Å². The zero-order valence-electron chi connectivity index (χ0n) is 14.9. The molecule has 150 valence electrons. The van der Waals surface area contributed by atoms with Crippen molar-refractivity contribution in [2.75, 3.05) is 6.61 Å². The van der Waals surface area contributed by atoms with Crippen molar-refractivity contribution < 1.29 is 27.1 Å². The number of hydrogen-bond donors (Lipinski definition) is 0. The van der Waals surface area contributed by atoms with E-state index < -0.39 is 29.0 Å². The number of carbonyl (C=O) groups excluding carboxylic acids is 1. The Bertz CT molecular complexity index is 1110. The van der Waals surface area contributed by atoms with Gasteiger partial charge < -0.3 is 4.74 Å². The largest absolute Gasteiger partial charge is 0.491 e. The molecular formula is C19H13F4N3O3. The number of alkyl halides is 3. The van der Waals surface area contributed by atoms with E-state index in [4.69, 9.17) is 4.74 Å². The Labute approximate surface area is 161 Å². The molecular weight excluding hydrogens is 394 g/mol. The van der Waals surface area contributed by atoms with Crippen molar-refractivity contribution in [1.29, 1.82) is 0 Å². The molecule has 0 aliphatic heterocycles. The molecule has 0 unspecified atom stereocenters. The van der Waals surface area contributed by atoms with Gasteiger partial charge in [-0.2, -0.15) is 23.0 Å². The van der Waals surface area contributed by atoms with Crippen molar-refractivity contribution in [2.45, 2.75) is 13.1 Å². The Balaban J connectivity index is 2.14. The van der Waals surface area contributed by atoms with Crippen molar-refractivity contribution in [3.63, 3.8) is 0 Å². The second-order valence-electron chi connectivity index (χ2n) is 5.77. The number of nitrogens with zero attached hydrogens (tertiary/aromatic N) is 3. The summed E-state index contributed by atoms with van der Waals surface area (Å²) in [7, 11) is 0. The van der Waals surface area contributed by atoms with Gasteiger partial charge in [0.15, 0.2) is 11.4 Å². The minimum absolute atomic E-state index is 0.0894. The molecule has 2 heterocycles. The number of ether oxygens (including phenoxy) is 1. The maximum Gasteiger partial charge on any atom is 0.433 e. The third-order valence-electron chi connectivity index (χ3n) is 3.80. The predicted molar refractivity (Wildman–Crippen MR) is 93.6 cm³/mol. The maximum absolute atomic E-state index is 13.2. The van der Waals surface area contributed by atoms with Crippen LogP contribution in [0.3, 0.4) is 0 Å². The van der Waals surface area contributed by atoms with E-state index in [2.05, 4.69) is 10.1 Å². The Hall–Kier alpha value is -3.56. The number of carbonyl (C=O) groups is 1. The minimum atomic E-state index is -4.74. The van der Waals surface area contributed by atoms with Gasteiger partial charge in [-0.1, -0.05) is 0 Å². The summed E-state index contributed by atoms with van der Waals surface area (Å²) in [5, 5.41) is 3.96. The monoisotopic (exact) mass is 407 g/mol. The number of pyridine rings is 1. The number of aromatic nitrogens is 3. The molecule has 0 amide bonds. The van der Waals surface area contributed by atoms with Crippen LogP contribution in [0.4, 0.5) is 17.6 Å². The summed E-state index contributed by atoms with van der Waals surface area (Å²) in [6.45, 7) is 1.69. The summed E-state index contributed by atoms with van der Waals surface area (Å²) < 4.78 is 58.0. The topological polar surface area (TPSA) is 74.1 Å². The molecule has 0 saturated heterocycles. The molecule has 6 nitrogen and oxygen atoms in total. The van der Waals surface area contributed by atoms with Gasteiger partial charge >= 0.3 is 6.18 Å². The van der Waals surface area contributed by atoms with E-state index in [1.54, 1.807) is 6.92 Å². The molecule has 0 bridgehead atoms. The highest BCUT2D eigenvalue weighted by atomic mass is 19.4. The van der Waals surface area contributed by atoms with Crippen LogP contribution >= 0.6 is 0 Å². The van der Waals surface area contributed by atoms with Crippen LogP contribution in [-0.4, -0.2) is 27.2 Å². The first-order valence-electron chi connectivity index (χ1n) is 8.31. The summed E-state index contributed by atoms with van der Waals surface area (Å²) in [5.74, 6) is -1.61. The highest BCUT2D eigenvalue weighted by Gasteiger charge is 2.33. The minimum Gasteiger partial charge on any atom is -0.491 e. The van der Waals surface area contributed by atoms with Crippen molar-refractivity contribution in [3.05, 3.63) is 81.8 Å². The molecule has 0 aliphatic carbocycles. The lowest BCUT2D eigenvalue weighted by Crippen LogP contribution is -2.24. The molecule has 0 spiro atoms. The fraction of sp³-hybridized carbons (Fsp3) is 0.158. The second kappa shape index (κ2) is 7.82. The van der Waals surface area contributed by atoms with Crippen LogP contribution in [0, 0.1) is 5.82 Å². The van der Waals surface area contributed by atoms with Crippen LogP contribution in [-0.2, 0) is 6.18 Å². The smallest absolute Gasteiger partial charge is 0.433 e. The van der Waals surface area contributed by atoms with Gasteiger partial charge in [0.25, 0.3) is 5.56 Å². The Morgan fingerprint density at radius 3 is 2.45 bits per heavy atom. The first-order valence-corrected chi connectivity index (χ1v) is 8.31. The fourth-order valence-electron chi connectivity index (χ4n) is 2.49. The zero-order chi connectivity index (χ0) is 21.2. The van der Waals surface area contributed by atoms with Gasteiger partial charge in [-0.25, -0.2) is 4.39 Å². The summed E-state index contributed by atoms with van der Waals surface area (Å²) in [6.07, 6.45) is -3.88. The molecule has 0 N–H and O–H groups in total. The average Bonchev–Trinajstić information content (AvgIpc) is 2.68. The van der Waals surface area contributed by atoms with E-state index in [-0.39, 0.29) is 29.3 Å². The lowest BCUT2D eigenvalue weighted by Gasteiger charge is -2.12. The molecule has 3 rings (SSSR count). The summed E-state index contributed by atoms with van der Waals surface area (Å²) in [6, 6.07) is 7.42. The van der Waals surface area contributed by atoms with E-state index in [0.717, 1.165) is 35.1 Å². The molecule has 0 aliphatic rings. The quantitative estimate of drug-likeness (QED) is 0.479. The van der Waals surface area contributed by atoms with Gasteiger partial charge in [0, 0.05) is 17.8 Å². The zero-order valence-corrected chi connectivity index (χ0v) is 14.9. The van der Waals surface area contributed by atoms with Gasteiger partial charge in [0.1, 0.15) is 11.5 Å². The van der Waals surface area contributed by atoms with Crippen LogP contribution in [0.15, 0.2) is 53.5 Å². The molecule has 3 aromatic rings. The molecule has 10 heteroatoms. The van der Waals surface area contributed by atoms with E-state index in [1.165, 1.54) is 12.1 Å². The van der Waals surface area contributed by atoms with Crippen LogP contribution in [0.2, 0.25) is 0 Å². The van der Waals surface area contributed by atoms with Gasteiger partial charge in [-0.3, -0.25) is 14.6 Å². The van der Waals surface area contributed by atoms with Gasteiger partial charge in [-0.05, 0) is 43.3 Å². The van der Waals surface area contributed by atoms with E-state index in [1.807, 2.05) is 0 Å². The first-order chi connectivity index (χ1) is 13.7. The third-order valence-corrected chi connectivity index (χ3v) is 3.80. The average molecular weight is 407 g/mol. The molecule has 2 aromatic heterocycles. The van der Waals surface area contributed by atoms with Crippen molar-refractivity contribution in [2.24, 2.45) is 0 Å². The number of ketones is 1. The highest BCUT2D eigenvalue weighted by Crippen LogP contribution is 2.28. The Morgan fingerprint density at radius 2 is 1.83 bits per heavy atom. The molecule has 0 fully saturated rings. The van der Waals surface area contributed by atoms with Gasteiger partial charge in [-0.15, -0.1) is 0 Å². The standard InChI is InChI=1S/C19H13F4N3O3/c1-2-29-14-10-16(27)26(13-5-3-12(20)4-6-13)25-17(14)18(28)11-7-8-24-15(9-11)19(21,22)23/h3-10H,2H2,1H3. The second-order valence-corrected chi connectivity index (χ2v) is 5.77. The van der Waals surface area contributed by atoms with Crippen LogP contribution in [0.25, 0.3) is 5.69 Å². The third kappa shape index (κ3) is 4.31. The highest BCUT2D eigenvalue weighted by molar-refractivity contribution is 6.09. The van der Waals surface area contributed by atoms with Crippen LogP contribution in [0.5, 0.6) is 5.75 Å². The number of halogens is 4. The Morgan fingerprint density at radius 1 is 1.14 bits per heavy atom. The number of rotatable bonds is 5. The maximum atomic E-state index is 13.2. The fourth-order valence-corrected chi connectivity index (χ4v) is 2.49. The number of benzene rings is 1. The summed E-state index contributed by atoms with van der Waals surface area (Å²) in [4.78, 5) is 28.4. The van der Waals surface area contributed by atoms with Gasteiger partial charge in [0.2, 0.25) is 5.78 Å². The predicted octanol–water partition coefficient (Wildman–Crippen LogP) is 3.42. The molecule has 0 saturated carbocycles. The molecule has 0 atom stereocenters. The van der Waals surface area contributed by atoms with Crippen molar-refractivity contribution in [1.82, 2.24) is 14.8 Å². The lowest BCUT2D eigenvalue weighted by molar-refractivity contribution is -0.141. The van der Waals surface area contributed by atoms with Crippen LogP contribution < -0.4 is 10.3 Å². The summed E-state index contributed by atoms with van der Waals surface area (Å²) in [5.41, 5.74) is -2.44.